The summed E-state index contributed by atoms with van der Waals surface area (Å²) >= 11 is 14.4. The molecule has 2 aliphatic rings. The number of amidine groups is 1. The summed E-state index contributed by atoms with van der Waals surface area (Å²) in [5.74, 6) is -0.280. The van der Waals surface area contributed by atoms with Gasteiger partial charge in [0.2, 0.25) is 0 Å². The Morgan fingerprint density at radius 1 is 1.27 bits per heavy atom. The SMILES string of the molecule is COC(=O)C1=C(CN2CCSCC2)NC(c2ncc(F)cc2F)=NC1c1ccc(Cl)cc1Cl. The van der Waals surface area contributed by atoms with E-state index in [2.05, 4.69) is 20.2 Å². The Morgan fingerprint density at radius 3 is 2.70 bits per heavy atom. The number of nitrogens with zero attached hydrogens (tertiary/aromatic N) is 3. The molecule has 6 nitrogen and oxygen atoms in total. The smallest absolute Gasteiger partial charge is 0.338 e. The normalized spacial score (nSPS) is 19.2. The van der Waals surface area contributed by atoms with Gasteiger partial charge >= 0.3 is 5.97 Å². The summed E-state index contributed by atoms with van der Waals surface area (Å²) in [5, 5.41) is 3.77. The molecule has 4 rings (SSSR count). The van der Waals surface area contributed by atoms with Crippen molar-refractivity contribution in [1.82, 2.24) is 15.2 Å². The molecule has 0 amide bonds. The molecule has 0 saturated carbocycles. The van der Waals surface area contributed by atoms with Crippen LogP contribution in [0, 0.1) is 11.6 Å². The highest BCUT2D eigenvalue weighted by atomic mass is 35.5. The van der Waals surface area contributed by atoms with Crippen molar-refractivity contribution in [3.8, 4) is 0 Å². The lowest BCUT2D eigenvalue weighted by atomic mass is 9.95. The molecule has 1 saturated heterocycles. The van der Waals surface area contributed by atoms with Crippen LogP contribution in [0.1, 0.15) is 17.3 Å². The molecule has 33 heavy (non-hydrogen) atoms. The highest BCUT2D eigenvalue weighted by molar-refractivity contribution is 7.99. The van der Waals surface area contributed by atoms with Gasteiger partial charge in [0, 0.05) is 58.5 Å². The lowest BCUT2D eigenvalue weighted by molar-refractivity contribution is -0.136. The topological polar surface area (TPSA) is 66.8 Å². The molecule has 1 unspecified atom stereocenters. The quantitative estimate of drug-likeness (QED) is 0.604. The maximum Gasteiger partial charge on any atom is 0.338 e. The molecule has 1 aromatic heterocycles. The van der Waals surface area contributed by atoms with Crippen molar-refractivity contribution in [2.45, 2.75) is 6.04 Å². The van der Waals surface area contributed by atoms with Crippen molar-refractivity contribution in [3.63, 3.8) is 0 Å². The van der Waals surface area contributed by atoms with Gasteiger partial charge in [-0.25, -0.2) is 18.6 Å². The second kappa shape index (κ2) is 10.4. The first kappa shape index (κ1) is 23.9. The lowest BCUT2D eigenvalue weighted by Crippen LogP contribution is -2.42. The Bertz CT molecular complexity index is 1140. The number of thioether (sulfide) groups is 1. The van der Waals surface area contributed by atoms with Crippen LogP contribution in [0.15, 0.2) is 46.7 Å². The van der Waals surface area contributed by atoms with Crippen molar-refractivity contribution in [1.29, 1.82) is 0 Å². The number of rotatable bonds is 5. The van der Waals surface area contributed by atoms with Gasteiger partial charge in [-0.05, 0) is 12.1 Å². The molecule has 0 aliphatic carbocycles. The number of carbonyl (C=O) groups excluding carboxylic acids is 1. The van der Waals surface area contributed by atoms with Crippen molar-refractivity contribution < 1.29 is 18.3 Å². The Hall–Kier alpha value is -2.20. The van der Waals surface area contributed by atoms with Crippen LogP contribution in [0.25, 0.3) is 0 Å². The summed E-state index contributed by atoms with van der Waals surface area (Å²) in [6, 6.07) is 4.67. The standard InChI is InChI=1S/C22H20Cl2F2N4O2S/c1-32-22(31)18-17(11-30-4-6-33-7-5-30)28-21(20-16(26)9-13(25)10-27-20)29-19(18)14-3-2-12(23)8-15(14)24/h2-3,8-10,19H,4-7,11H2,1H3,(H,28,29). The Labute approximate surface area is 204 Å². The monoisotopic (exact) mass is 512 g/mol. The number of esters is 1. The van der Waals surface area contributed by atoms with Crippen molar-refractivity contribution in [2.24, 2.45) is 4.99 Å². The second-order valence-electron chi connectivity index (χ2n) is 7.43. The van der Waals surface area contributed by atoms with Gasteiger partial charge in [0.25, 0.3) is 0 Å². The van der Waals surface area contributed by atoms with E-state index in [1.54, 1.807) is 18.2 Å². The van der Waals surface area contributed by atoms with Crippen LogP contribution in [-0.2, 0) is 9.53 Å². The van der Waals surface area contributed by atoms with Crippen LogP contribution in [0.4, 0.5) is 8.78 Å². The largest absolute Gasteiger partial charge is 0.466 e. The molecular weight excluding hydrogens is 493 g/mol. The van der Waals surface area contributed by atoms with Crippen LogP contribution in [-0.4, -0.2) is 59.9 Å². The van der Waals surface area contributed by atoms with Gasteiger partial charge in [-0.1, -0.05) is 29.3 Å². The predicted molar refractivity (Wildman–Crippen MR) is 126 cm³/mol. The van der Waals surface area contributed by atoms with Gasteiger partial charge in [-0.3, -0.25) is 9.89 Å². The maximum atomic E-state index is 14.6. The summed E-state index contributed by atoms with van der Waals surface area (Å²) in [6.45, 7) is 2.03. The molecule has 1 fully saturated rings. The number of aliphatic imine (C=N–C) groups is 1. The van der Waals surface area contributed by atoms with E-state index in [1.165, 1.54) is 7.11 Å². The lowest BCUT2D eigenvalue weighted by Gasteiger charge is -2.32. The zero-order chi connectivity index (χ0) is 23.5. The molecular formula is C22H20Cl2F2N4O2S. The maximum absolute atomic E-state index is 14.6. The minimum atomic E-state index is -0.904. The van der Waals surface area contributed by atoms with Crippen LogP contribution in [0.3, 0.4) is 0 Å². The number of ether oxygens (including phenoxy) is 1. The fourth-order valence-electron chi connectivity index (χ4n) is 3.71. The summed E-state index contributed by atoms with van der Waals surface area (Å²) in [6.07, 6.45) is 0.911. The predicted octanol–water partition coefficient (Wildman–Crippen LogP) is 4.23. The van der Waals surface area contributed by atoms with E-state index in [4.69, 9.17) is 27.9 Å². The Balaban J connectivity index is 1.85. The molecule has 174 valence electrons. The molecule has 11 heteroatoms. The molecule has 1 atom stereocenters. The van der Waals surface area contributed by atoms with E-state index >= 15 is 0 Å². The molecule has 0 spiro atoms. The summed E-state index contributed by atoms with van der Waals surface area (Å²) in [4.78, 5) is 23.5. The summed E-state index contributed by atoms with van der Waals surface area (Å²) in [7, 11) is 1.28. The summed E-state index contributed by atoms with van der Waals surface area (Å²) in [5.41, 5.74) is 1.09. The van der Waals surface area contributed by atoms with E-state index in [0.717, 1.165) is 36.9 Å². The highest BCUT2D eigenvalue weighted by Gasteiger charge is 2.35. The minimum absolute atomic E-state index is 0.0672. The first-order valence-electron chi connectivity index (χ1n) is 10.1. The van der Waals surface area contributed by atoms with Crippen LogP contribution in [0.2, 0.25) is 10.0 Å². The van der Waals surface area contributed by atoms with Crippen molar-refractivity contribution >= 4 is 46.8 Å². The number of halogens is 4. The molecule has 0 bridgehead atoms. The van der Waals surface area contributed by atoms with Gasteiger partial charge in [-0.2, -0.15) is 11.8 Å². The van der Waals surface area contributed by atoms with Crippen LogP contribution in [0.5, 0.6) is 0 Å². The minimum Gasteiger partial charge on any atom is -0.466 e. The Morgan fingerprint density at radius 2 is 2.03 bits per heavy atom. The zero-order valence-corrected chi connectivity index (χ0v) is 19.9. The average Bonchev–Trinajstić information content (AvgIpc) is 2.79. The zero-order valence-electron chi connectivity index (χ0n) is 17.6. The molecule has 1 aromatic carbocycles. The van der Waals surface area contributed by atoms with Crippen molar-refractivity contribution in [3.05, 3.63) is 74.7 Å². The fourth-order valence-corrected chi connectivity index (χ4v) is 5.20. The van der Waals surface area contributed by atoms with Gasteiger partial charge in [0.05, 0.1) is 18.9 Å². The molecule has 3 heterocycles. The molecule has 1 N–H and O–H groups in total. The third-order valence-corrected chi connectivity index (χ3v) is 6.81. The van der Waals surface area contributed by atoms with E-state index in [1.807, 2.05) is 11.8 Å². The number of pyridine rings is 1. The first-order valence-corrected chi connectivity index (χ1v) is 12.0. The number of carbonyl (C=O) groups is 1. The van der Waals surface area contributed by atoms with Crippen LogP contribution < -0.4 is 5.32 Å². The number of aromatic nitrogens is 1. The van der Waals surface area contributed by atoms with E-state index < -0.39 is 23.6 Å². The van der Waals surface area contributed by atoms with Crippen molar-refractivity contribution in [2.75, 3.05) is 38.2 Å². The fraction of sp³-hybridized carbons (Fsp3) is 0.318. The first-order chi connectivity index (χ1) is 15.9. The number of hydrogen-bond donors (Lipinski definition) is 1. The third-order valence-electron chi connectivity index (χ3n) is 5.31. The Kier molecular flexibility index (Phi) is 7.53. The third kappa shape index (κ3) is 5.32. The number of methoxy groups -OCH3 is 1. The van der Waals surface area contributed by atoms with E-state index in [9.17, 15) is 13.6 Å². The van der Waals surface area contributed by atoms with E-state index in [0.29, 0.717) is 27.9 Å². The number of nitrogens with one attached hydrogen (secondary N) is 1. The number of benzene rings is 1. The highest BCUT2D eigenvalue weighted by Crippen LogP contribution is 2.37. The van der Waals surface area contributed by atoms with Gasteiger partial charge < -0.3 is 10.1 Å². The average molecular weight is 513 g/mol. The second-order valence-corrected chi connectivity index (χ2v) is 9.50. The summed E-state index contributed by atoms with van der Waals surface area (Å²) < 4.78 is 33.2. The number of hydrogen-bond acceptors (Lipinski definition) is 7. The van der Waals surface area contributed by atoms with Gasteiger partial charge in [-0.15, -0.1) is 0 Å². The van der Waals surface area contributed by atoms with Crippen LogP contribution >= 0.6 is 35.0 Å². The van der Waals surface area contributed by atoms with E-state index in [-0.39, 0.29) is 17.1 Å². The van der Waals surface area contributed by atoms with Gasteiger partial charge in [0.1, 0.15) is 17.6 Å². The molecule has 0 radical (unpaired) electrons. The molecule has 2 aromatic rings. The van der Waals surface area contributed by atoms with Gasteiger partial charge in [0.15, 0.2) is 11.7 Å². The molecule has 2 aliphatic heterocycles.